The van der Waals surface area contributed by atoms with Crippen molar-refractivity contribution in [2.24, 2.45) is 0 Å². The number of nitrogens with one attached hydrogen (secondary N) is 1. The fourth-order valence-electron chi connectivity index (χ4n) is 2.44. The monoisotopic (exact) mass is 370 g/mol. The van der Waals surface area contributed by atoms with Crippen molar-refractivity contribution in [1.82, 2.24) is 15.2 Å². The summed E-state index contributed by atoms with van der Waals surface area (Å²) in [6, 6.07) is 3.46. The lowest BCUT2D eigenvalue weighted by molar-refractivity contribution is -0.118. The minimum Gasteiger partial charge on any atom is -0.423 e. The average molecular weight is 370 g/mol. The van der Waals surface area contributed by atoms with Crippen LogP contribution in [0, 0.1) is 0 Å². The number of rotatable bonds is 7. The minimum absolute atomic E-state index is 0.337. The summed E-state index contributed by atoms with van der Waals surface area (Å²) in [5.74, 6) is 0.411. The molecule has 9 heteroatoms. The van der Waals surface area contributed by atoms with Gasteiger partial charge in [-0.25, -0.2) is 4.98 Å². The van der Waals surface area contributed by atoms with Crippen molar-refractivity contribution in [1.29, 1.82) is 0 Å². The predicted octanol–water partition coefficient (Wildman–Crippen LogP) is 0.118. The summed E-state index contributed by atoms with van der Waals surface area (Å²) in [6.45, 7) is 7.88. The Kier molecular flexibility index (Phi) is 7.33. The van der Waals surface area contributed by atoms with Gasteiger partial charge in [0.05, 0.1) is 5.56 Å². The van der Waals surface area contributed by atoms with Gasteiger partial charge in [0.1, 0.15) is 5.82 Å². The number of hydrogen-bond donors (Lipinski definition) is 3. The lowest BCUT2D eigenvalue weighted by atomic mass is 9.80. The zero-order chi connectivity index (χ0) is 19.8. The number of amides is 2. The first kappa shape index (κ1) is 20.4. The fourth-order valence-corrected chi connectivity index (χ4v) is 2.44. The van der Waals surface area contributed by atoms with Crippen LogP contribution < -0.4 is 10.2 Å². The van der Waals surface area contributed by atoms with E-state index in [0.29, 0.717) is 42.9 Å². The Hall–Kier alpha value is -2.91. The maximum atomic E-state index is 12.3. The highest BCUT2D eigenvalue weighted by Gasteiger charge is 2.17. The van der Waals surface area contributed by atoms with E-state index >= 15 is 0 Å². The van der Waals surface area contributed by atoms with Gasteiger partial charge in [-0.2, -0.15) is 0 Å². The van der Waals surface area contributed by atoms with Crippen LogP contribution in [0.2, 0.25) is 0 Å². The third-order valence-electron chi connectivity index (χ3n) is 4.21. The average Bonchev–Trinajstić information content (AvgIpc) is 2.70. The molecule has 2 rings (SSSR count). The maximum absolute atomic E-state index is 12.3. The zero-order valence-corrected chi connectivity index (χ0v) is 15.2. The van der Waals surface area contributed by atoms with Crippen molar-refractivity contribution in [3.63, 3.8) is 0 Å². The molecule has 27 heavy (non-hydrogen) atoms. The van der Waals surface area contributed by atoms with E-state index in [1.807, 2.05) is 0 Å². The first-order valence-electron chi connectivity index (χ1n) is 8.53. The molecule has 2 heterocycles. The van der Waals surface area contributed by atoms with Crippen LogP contribution in [-0.4, -0.2) is 65.5 Å². The molecule has 1 fully saturated rings. The number of anilines is 1. The lowest BCUT2D eigenvalue weighted by Crippen LogP contribution is -2.46. The number of hydrogen-bond acceptors (Lipinski definition) is 6. The molecular weight excluding hydrogens is 347 g/mol. The Morgan fingerprint density at radius 1 is 1.26 bits per heavy atom. The van der Waals surface area contributed by atoms with Crippen molar-refractivity contribution in [2.45, 2.75) is 6.92 Å². The smallest absolute Gasteiger partial charge is 0.423 e. The molecule has 0 spiro atoms. The Morgan fingerprint density at radius 2 is 1.96 bits per heavy atom. The summed E-state index contributed by atoms with van der Waals surface area (Å²) >= 11 is 0. The number of piperazine rings is 1. The van der Waals surface area contributed by atoms with Gasteiger partial charge in [-0.1, -0.05) is 12.7 Å². The number of nitrogens with zero attached hydrogens (tertiary/aromatic N) is 3. The molecule has 0 saturated carbocycles. The number of pyridine rings is 1. The highest BCUT2D eigenvalue weighted by Crippen LogP contribution is 2.14. The van der Waals surface area contributed by atoms with E-state index in [2.05, 4.69) is 21.8 Å². The largest absolute Gasteiger partial charge is 0.483 e. The van der Waals surface area contributed by atoms with Crippen LogP contribution in [0.1, 0.15) is 17.3 Å². The number of aromatic nitrogens is 1. The first-order chi connectivity index (χ1) is 12.9. The van der Waals surface area contributed by atoms with Crippen LogP contribution in [0.5, 0.6) is 0 Å². The molecule has 142 valence electrons. The molecule has 0 unspecified atom stereocenters. The molecule has 8 nitrogen and oxygen atoms in total. The van der Waals surface area contributed by atoms with Crippen LogP contribution in [-0.2, 0) is 4.79 Å². The molecule has 1 aromatic rings. The van der Waals surface area contributed by atoms with E-state index in [9.17, 15) is 9.59 Å². The molecule has 0 aliphatic carbocycles. The van der Waals surface area contributed by atoms with Gasteiger partial charge in [0, 0.05) is 38.1 Å². The fraction of sp³-hybridized carbons (Fsp3) is 0.278. The van der Waals surface area contributed by atoms with E-state index in [1.165, 1.54) is 24.4 Å². The van der Waals surface area contributed by atoms with Crippen LogP contribution in [0.15, 0.2) is 54.3 Å². The number of carbonyl (C=O) groups is 2. The van der Waals surface area contributed by atoms with Crippen LogP contribution >= 0.6 is 0 Å². The molecule has 2 amide bonds. The van der Waals surface area contributed by atoms with Gasteiger partial charge in [-0.05, 0) is 36.7 Å². The van der Waals surface area contributed by atoms with Crippen LogP contribution in [0.4, 0.5) is 5.82 Å². The van der Waals surface area contributed by atoms with E-state index in [4.69, 9.17) is 10.0 Å². The normalized spacial score (nSPS) is 15.4. The Morgan fingerprint density at radius 3 is 2.48 bits per heavy atom. The molecule has 1 saturated heterocycles. The van der Waals surface area contributed by atoms with Gasteiger partial charge in [0.15, 0.2) is 0 Å². The second-order valence-corrected chi connectivity index (χ2v) is 6.10. The standard InChI is InChI=1S/C18H23BN4O4/c1-3-16(6-4-14(2)19(26)27)21-18(25)15-5-7-17(20-12-15)23-10-8-22(13-24)9-11-23/h3-7,12-13,26-27H,1,8-11H2,2H3,(H,21,25)/b14-4+,16-6+. The highest BCUT2D eigenvalue weighted by molar-refractivity contribution is 6.50. The topological polar surface area (TPSA) is 106 Å². The highest BCUT2D eigenvalue weighted by atomic mass is 16.4. The van der Waals surface area contributed by atoms with Gasteiger partial charge < -0.3 is 25.2 Å². The maximum Gasteiger partial charge on any atom is 0.483 e. The summed E-state index contributed by atoms with van der Waals surface area (Å²) < 4.78 is 0. The van der Waals surface area contributed by atoms with E-state index < -0.39 is 7.12 Å². The van der Waals surface area contributed by atoms with Crippen molar-refractivity contribution < 1.29 is 19.6 Å². The lowest BCUT2D eigenvalue weighted by Gasteiger charge is -2.33. The second kappa shape index (κ2) is 9.70. The van der Waals surface area contributed by atoms with Crippen LogP contribution in [0.3, 0.4) is 0 Å². The van der Waals surface area contributed by atoms with Gasteiger partial charge >= 0.3 is 7.12 Å². The summed E-state index contributed by atoms with van der Waals surface area (Å²) in [5.41, 5.74) is 1.15. The molecular formula is C18H23BN4O4. The van der Waals surface area contributed by atoms with Crippen molar-refractivity contribution in [3.05, 3.63) is 59.9 Å². The van der Waals surface area contributed by atoms with E-state index in [-0.39, 0.29) is 5.91 Å². The third kappa shape index (κ3) is 5.80. The quantitative estimate of drug-likeness (QED) is 0.358. The zero-order valence-electron chi connectivity index (χ0n) is 15.2. The van der Waals surface area contributed by atoms with Crippen molar-refractivity contribution >= 4 is 25.3 Å². The van der Waals surface area contributed by atoms with E-state index in [0.717, 1.165) is 12.2 Å². The Balaban J connectivity index is 2.00. The second-order valence-electron chi connectivity index (χ2n) is 6.10. The molecule has 3 N–H and O–H groups in total. The number of allylic oxidation sites excluding steroid dienone is 4. The molecule has 0 bridgehead atoms. The third-order valence-corrected chi connectivity index (χ3v) is 4.21. The SMILES string of the molecule is C=C/C(=C\C=C(/C)B(O)O)NC(=O)c1ccc(N2CCN(C=O)CC2)nc1. The summed E-state index contributed by atoms with van der Waals surface area (Å²) in [6.07, 6.45) is 6.83. The van der Waals surface area contributed by atoms with Crippen LogP contribution in [0.25, 0.3) is 0 Å². The molecule has 0 atom stereocenters. The Bertz CT molecular complexity index is 738. The van der Waals surface area contributed by atoms with Crippen molar-refractivity contribution in [3.8, 4) is 0 Å². The van der Waals surface area contributed by atoms with Gasteiger partial charge in [0.2, 0.25) is 6.41 Å². The van der Waals surface area contributed by atoms with E-state index in [1.54, 1.807) is 24.0 Å². The molecule has 1 aromatic heterocycles. The van der Waals surface area contributed by atoms with Gasteiger partial charge in [0.25, 0.3) is 5.91 Å². The molecule has 1 aliphatic rings. The molecule has 0 aromatic carbocycles. The van der Waals surface area contributed by atoms with Gasteiger partial charge in [-0.3, -0.25) is 9.59 Å². The summed E-state index contributed by atoms with van der Waals surface area (Å²) in [5, 5.41) is 20.8. The first-order valence-corrected chi connectivity index (χ1v) is 8.53. The molecule has 1 aliphatic heterocycles. The summed E-state index contributed by atoms with van der Waals surface area (Å²) in [4.78, 5) is 31.2. The molecule has 0 radical (unpaired) electrons. The van der Waals surface area contributed by atoms with Crippen molar-refractivity contribution in [2.75, 3.05) is 31.1 Å². The minimum atomic E-state index is -1.55. The van der Waals surface area contributed by atoms with Gasteiger partial charge in [-0.15, -0.1) is 0 Å². The Labute approximate surface area is 158 Å². The summed E-state index contributed by atoms with van der Waals surface area (Å²) in [7, 11) is -1.55. The predicted molar refractivity (Wildman–Crippen MR) is 104 cm³/mol. The number of carbonyl (C=O) groups excluding carboxylic acids is 2.